The lowest BCUT2D eigenvalue weighted by molar-refractivity contribution is 0.00453. The Morgan fingerprint density at radius 2 is 2.33 bits per heavy atom. The first-order valence-electron chi connectivity index (χ1n) is 6.77. The average Bonchev–Trinajstić information content (AvgIpc) is 2.89. The molecule has 1 aliphatic carbocycles. The molecule has 0 amide bonds. The van der Waals surface area contributed by atoms with E-state index in [0.29, 0.717) is 19.3 Å². The molecule has 1 saturated heterocycles. The summed E-state index contributed by atoms with van der Waals surface area (Å²) in [7, 11) is 0. The molecule has 2 heterocycles. The van der Waals surface area contributed by atoms with Crippen molar-refractivity contribution in [2.24, 2.45) is 0 Å². The van der Waals surface area contributed by atoms with Crippen LogP contribution in [0.5, 0.6) is 0 Å². The van der Waals surface area contributed by atoms with Gasteiger partial charge in [-0.2, -0.15) is 0 Å². The first kappa shape index (κ1) is 12.1. The highest BCUT2D eigenvalue weighted by Gasteiger charge is 2.20. The summed E-state index contributed by atoms with van der Waals surface area (Å²) >= 11 is 0. The van der Waals surface area contributed by atoms with E-state index in [1.54, 1.807) is 0 Å². The van der Waals surface area contributed by atoms with E-state index in [1.807, 2.05) is 6.07 Å². The minimum absolute atomic E-state index is 0.268. The molecule has 1 aliphatic heterocycles. The van der Waals surface area contributed by atoms with Gasteiger partial charge < -0.3 is 19.3 Å². The molecule has 100 valence electrons. The van der Waals surface area contributed by atoms with Gasteiger partial charge in [0, 0.05) is 25.3 Å². The van der Waals surface area contributed by atoms with Crippen LogP contribution in [0.25, 0.3) is 0 Å². The maximum Gasteiger partial charge on any atom is 0.162 e. The van der Waals surface area contributed by atoms with Crippen molar-refractivity contribution in [3.8, 4) is 0 Å². The molecule has 1 aromatic rings. The monoisotopic (exact) mass is 252 g/mol. The van der Waals surface area contributed by atoms with Gasteiger partial charge in [0.1, 0.15) is 6.61 Å². The molecule has 5 nitrogen and oxygen atoms in total. The average molecular weight is 252 g/mol. The van der Waals surface area contributed by atoms with E-state index in [1.165, 1.54) is 12.8 Å². The second kappa shape index (κ2) is 5.82. The second-order valence-electron chi connectivity index (χ2n) is 5.09. The molecule has 18 heavy (non-hydrogen) atoms. The van der Waals surface area contributed by atoms with Crippen LogP contribution in [0.1, 0.15) is 37.1 Å². The summed E-state index contributed by atoms with van der Waals surface area (Å²) in [4.78, 5) is 0. The van der Waals surface area contributed by atoms with Crippen LogP contribution in [0.3, 0.4) is 0 Å². The molecule has 1 N–H and O–H groups in total. The van der Waals surface area contributed by atoms with Crippen LogP contribution < -0.4 is 5.32 Å². The number of ether oxygens (including phenoxy) is 2. The molecule has 3 rings (SSSR count). The van der Waals surface area contributed by atoms with E-state index in [9.17, 15) is 0 Å². The van der Waals surface area contributed by atoms with E-state index in [4.69, 9.17) is 14.0 Å². The van der Waals surface area contributed by atoms with E-state index >= 15 is 0 Å². The number of hydrogen-bond donors (Lipinski definition) is 1. The maximum absolute atomic E-state index is 5.58. The first-order valence-corrected chi connectivity index (χ1v) is 6.77. The van der Waals surface area contributed by atoms with Crippen molar-refractivity contribution in [1.29, 1.82) is 0 Å². The topological polar surface area (TPSA) is 56.5 Å². The van der Waals surface area contributed by atoms with Gasteiger partial charge in [-0.1, -0.05) is 5.16 Å². The first-order chi connectivity index (χ1) is 8.90. The van der Waals surface area contributed by atoms with E-state index < -0.39 is 0 Å². The fourth-order valence-corrected chi connectivity index (χ4v) is 2.11. The van der Waals surface area contributed by atoms with Crippen molar-refractivity contribution in [1.82, 2.24) is 10.5 Å². The predicted octanol–water partition coefficient (Wildman–Crippen LogP) is 1.62. The Morgan fingerprint density at radius 3 is 3.11 bits per heavy atom. The highest BCUT2D eigenvalue weighted by molar-refractivity contribution is 5.04. The molecule has 1 unspecified atom stereocenters. The summed E-state index contributed by atoms with van der Waals surface area (Å²) in [6, 6.07) is 2.66. The van der Waals surface area contributed by atoms with Crippen LogP contribution in [0.2, 0.25) is 0 Å². The van der Waals surface area contributed by atoms with Crippen molar-refractivity contribution in [2.45, 2.75) is 51.0 Å². The Balaban J connectivity index is 1.36. The van der Waals surface area contributed by atoms with Crippen LogP contribution in [-0.4, -0.2) is 30.5 Å². The zero-order valence-electron chi connectivity index (χ0n) is 10.6. The van der Waals surface area contributed by atoms with Crippen LogP contribution in [0.15, 0.2) is 10.6 Å². The molecule has 0 aromatic carbocycles. The van der Waals surface area contributed by atoms with Crippen molar-refractivity contribution in [3.63, 3.8) is 0 Å². The molecule has 1 aromatic heterocycles. The standard InChI is InChI=1S/C13H20N2O3/c1-2-12(17-5-1)8-16-9-13-6-11(15-18-13)7-14-10-3-4-10/h6,10,12,14H,1-5,7-9H2. The summed E-state index contributed by atoms with van der Waals surface area (Å²) < 4.78 is 16.3. The summed E-state index contributed by atoms with van der Waals surface area (Å²) in [6.07, 6.45) is 5.09. The van der Waals surface area contributed by atoms with Gasteiger partial charge in [0.05, 0.1) is 18.4 Å². The van der Waals surface area contributed by atoms with Crippen molar-refractivity contribution in [3.05, 3.63) is 17.5 Å². The lowest BCUT2D eigenvalue weighted by Gasteiger charge is -2.08. The number of hydrogen-bond acceptors (Lipinski definition) is 5. The Labute approximate surface area is 107 Å². The number of rotatable bonds is 7. The van der Waals surface area contributed by atoms with Crippen molar-refractivity contribution < 1.29 is 14.0 Å². The van der Waals surface area contributed by atoms with Crippen LogP contribution in [0.4, 0.5) is 0 Å². The molecule has 1 atom stereocenters. The van der Waals surface area contributed by atoms with E-state index in [-0.39, 0.29) is 6.10 Å². The minimum atomic E-state index is 0.268. The summed E-state index contributed by atoms with van der Waals surface area (Å²) in [5.74, 6) is 0.792. The normalized spacial score (nSPS) is 23.7. The van der Waals surface area contributed by atoms with E-state index in [2.05, 4.69) is 10.5 Å². The molecular formula is C13H20N2O3. The SMILES string of the molecule is c1c(CNC2CC2)noc1COCC1CCCO1. The van der Waals surface area contributed by atoms with Crippen molar-refractivity contribution in [2.75, 3.05) is 13.2 Å². The predicted molar refractivity (Wildman–Crippen MR) is 65.0 cm³/mol. The maximum atomic E-state index is 5.58. The van der Waals surface area contributed by atoms with Crippen LogP contribution in [0, 0.1) is 0 Å². The zero-order valence-corrected chi connectivity index (χ0v) is 10.6. The third-order valence-electron chi connectivity index (χ3n) is 3.33. The van der Waals surface area contributed by atoms with Gasteiger partial charge in [-0.15, -0.1) is 0 Å². The largest absolute Gasteiger partial charge is 0.376 e. The summed E-state index contributed by atoms with van der Waals surface area (Å²) in [5, 5.41) is 7.42. The summed E-state index contributed by atoms with van der Waals surface area (Å²) in [6.45, 7) is 2.79. The molecule has 0 spiro atoms. The number of nitrogens with zero attached hydrogens (tertiary/aromatic N) is 1. The number of nitrogens with one attached hydrogen (secondary N) is 1. The Kier molecular flexibility index (Phi) is 3.93. The third-order valence-corrected chi connectivity index (χ3v) is 3.33. The Hall–Kier alpha value is -0.910. The summed E-state index contributed by atoms with van der Waals surface area (Å²) in [5.41, 5.74) is 0.956. The Morgan fingerprint density at radius 1 is 1.39 bits per heavy atom. The minimum Gasteiger partial charge on any atom is -0.376 e. The van der Waals surface area contributed by atoms with Crippen LogP contribution in [-0.2, 0) is 22.6 Å². The van der Waals surface area contributed by atoms with Gasteiger partial charge in [0.15, 0.2) is 5.76 Å². The van der Waals surface area contributed by atoms with Gasteiger partial charge in [-0.05, 0) is 25.7 Å². The highest BCUT2D eigenvalue weighted by atomic mass is 16.5. The molecule has 2 fully saturated rings. The lowest BCUT2D eigenvalue weighted by atomic mass is 10.2. The molecule has 1 saturated carbocycles. The van der Waals surface area contributed by atoms with Crippen LogP contribution >= 0.6 is 0 Å². The quantitative estimate of drug-likeness (QED) is 0.799. The number of aromatic nitrogens is 1. The molecular weight excluding hydrogens is 232 g/mol. The fraction of sp³-hybridized carbons (Fsp3) is 0.769. The van der Waals surface area contributed by atoms with Gasteiger partial charge in [0.25, 0.3) is 0 Å². The molecule has 2 aliphatic rings. The van der Waals surface area contributed by atoms with Gasteiger partial charge in [-0.3, -0.25) is 0 Å². The Bertz CT molecular complexity index is 370. The zero-order chi connectivity index (χ0) is 12.2. The lowest BCUT2D eigenvalue weighted by Crippen LogP contribution is -2.15. The molecule has 0 radical (unpaired) electrons. The van der Waals surface area contributed by atoms with Gasteiger partial charge >= 0.3 is 0 Å². The van der Waals surface area contributed by atoms with Gasteiger partial charge in [-0.25, -0.2) is 0 Å². The van der Waals surface area contributed by atoms with Gasteiger partial charge in [0.2, 0.25) is 0 Å². The fourth-order valence-electron chi connectivity index (χ4n) is 2.11. The third kappa shape index (κ3) is 3.54. The van der Waals surface area contributed by atoms with E-state index in [0.717, 1.165) is 37.4 Å². The van der Waals surface area contributed by atoms with Crippen molar-refractivity contribution >= 4 is 0 Å². The second-order valence-corrected chi connectivity index (χ2v) is 5.09. The smallest absolute Gasteiger partial charge is 0.162 e. The molecule has 0 bridgehead atoms. The molecule has 5 heteroatoms. The highest BCUT2D eigenvalue weighted by Crippen LogP contribution is 2.19.